The van der Waals surface area contributed by atoms with E-state index in [0.29, 0.717) is 0 Å². The minimum absolute atomic E-state index is 0.296. The van der Waals surface area contributed by atoms with Crippen molar-refractivity contribution in [1.82, 2.24) is 0 Å². The van der Waals surface area contributed by atoms with Crippen molar-refractivity contribution in [3.05, 3.63) is 0 Å². The number of methoxy groups -OCH3 is 2. The molecule has 0 saturated heterocycles. The molecule has 86 valence electrons. The molecule has 0 spiro atoms. The van der Waals surface area contributed by atoms with E-state index in [9.17, 15) is 4.79 Å². The van der Waals surface area contributed by atoms with Crippen LogP contribution in [0.5, 0.6) is 0 Å². The van der Waals surface area contributed by atoms with Crippen molar-refractivity contribution in [2.24, 2.45) is 5.16 Å². The summed E-state index contributed by atoms with van der Waals surface area (Å²) >= 11 is 0. The Hall–Kier alpha value is -1.59. The molecule has 15 heavy (non-hydrogen) atoms. The first-order valence-corrected chi connectivity index (χ1v) is 4.29. The monoisotopic (exact) mass is 216 g/mol. The highest BCUT2D eigenvalue weighted by atomic mass is 16.7. The van der Waals surface area contributed by atoms with Crippen molar-refractivity contribution >= 4 is 17.6 Å². The fourth-order valence-corrected chi connectivity index (χ4v) is 0.547. The van der Waals surface area contributed by atoms with Gasteiger partial charge in [-0.2, -0.15) is 0 Å². The Kier molecular flexibility index (Phi) is 4.77. The van der Waals surface area contributed by atoms with Crippen LogP contribution in [-0.4, -0.2) is 37.4 Å². The van der Waals surface area contributed by atoms with Gasteiger partial charge in [0.05, 0.1) is 14.2 Å². The van der Waals surface area contributed by atoms with Gasteiger partial charge >= 0.3 is 5.97 Å². The molecule has 0 radical (unpaired) electrons. The number of oxime groups is 1. The lowest BCUT2D eigenvalue weighted by molar-refractivity contribution is -0.132. The summed E-state index contributed by atoms with van der Waals surface area (Å²) in [5.74, 6) is -1.17. The van der Waals surface area contributed by atoms with Crippen molar-refractivity contribution in [3.8, 4) is 0 Å². The quantitative estimate of drug-likeness (QED) is 0.329. The van der Waals surface area contributed by atoms with Gasteiger partial charge in [0.15, 0.2) is 0 Å². The third-order valence-electron chi connectivity index (χ3n) is 1.21. The standard InChI is InChI=1S/C9H16N2O4/c1-9(2,3)15-11-6(7(10)13-4)8(12)14-5/h10H,1-5H3/b10-7?,11-6+. The lowest BCUT2D eigenvalue weighted by atomic mass is 10.2. The second-order valence-corrected chi connectivity index (χ2v) is 3.67. The van der Waals surface area contributed by atoms with Crippen LogP contribution in [0.15, 0.2) is 5.16 Å². The molecule has 0 aliphatic heterocycles. The average molecular weight is 216 g/mol. The number of rotatable bonds is 3. The van der Waals surface area contributed by atoms with Crippen LogP contribution in [0.25, 0.3) is 0 Å². The summed E-state index contributed by atoms with van der Waals surface area (Å²) < 4.78 is 9.00. The SMILES string of the molecule is COC(=N)/C(=N\OC(C)(C)C)C(=O)OC. The number of hydrogen-bond acceptors (Lipinski definition) is 6. The van der Waals surface area contributed by atoms with Crippen molar-refractivity contribution < 1.29 is 19.1 Å². The summed E-state index contributed by atoms with van der Waals surface area (Å²) in [4.78, 5) is 16.2. The summed E-state index contributed by atoms with van der Waals surface area (Å²) in [6.45, 7) is 5.30. The lowest BCUT2D eigenvalue weighted by Crippen LogP contribution is -2.28. The molecule has 0 saturated carbocycles. The highest BCUT2D eigenvalue weighted by Crippen LogP contribution is 2.07. The summed E-state index contributed by atoms with van der Waals surface area (Å²) in [5.41, 5.74) is -0.845. The second-order valence-electron chi connectivity index (χ2n) is 3.67. The Morgan fingerprint density at radius 3 is 2.07 bits per heavy atom. The highest BCUT2D eigenvalue weighted by Gasteiger charge is 2.21. The third kappa shape index (κ3) is 4.99. The number of carbonyl (C=O) groups is 1. The first-order valence-electron chi connectivity index (χ1n) is 4.29. The zero-order chi connectivity index (χ0) is 12.1. The Bertz CT molecular complexity index is 260. The lowest BCUT2D eigenvalue weighted by Gasteiger charge is -2.16. The minimum atomic E-state index is -0.772. The molecule has 0 heterocycles. The van der Waals surface area contributed by atoms with Crippen molar-refractivity contribution in [3.63, 3.8) is 0 Å². The number of hydrogen-bond donors (Lipinski definition) is 1. The Balaban J connectivity index is 4.79. The van der Waals surface area contributed by atoms with Gasteiger partial charge in [-0.1, -0.05) is 5.16 Å². The van der Waals surface area contributed by atoms with Crippen LogP contribution < -0.4 is 0 Å². The third-order valence-corrected chi connectivity index (χ3v) is 1.21. The first-order chi connectivity index (χ1) is 6.81. The van der Waals surface area contributed by atoms with E-state index in [1.165, 1.54) is 14.2 Å². The van der Waals surface area contributed by atoms with E-state index in [1.807, 2.05) is 0 Å². The number of esters is 1. The van der Waals surface area contributed by atoms with E-state index in [1.54, 1.807) is 20.8 Å². The Labute approximate surface area is 88.7 Å². The molecule has 0 amide bonds. The minimum Gasteiger partial charge on any atom is -0.480 e. The molecule has 0 unspecified atom stereocenters. The van der Waals surface area contributed by atoms with Crippen molar-refractivity contribution in [1.29, 1.82) is 5.41 Å². The van der Waals surface area contributed by atoms with Gasteiger partial charge in [0.1, 0.15) is 5.60 Å². The molecule has 0 aliphatic carbocycles. The van der Waals surface area contributed by atoms with Gasteiger partial charge in [-0.25, -0.2) is 4.79 Å². The Morgan fingerprint density at radius 1 is 1.20 bits per heavy atom. The molecular weight excluding hydrogens is 200 g/mol. The summed E-state index contributed by atoms with van der Waals surface area (Å²) in [7, 11) is 2.45. The number of ether oxygens (including phenoxy) is 2. The smallest absolute Gasteiger partial charge is 0.365 e. The summed E-state index contributed by atoms with van der Waals surface area (Å²) in [6.07, 6.45) is 0. The molecule has 6 heteroatoms. The van der Waals surface area contributed by atoms with E-state index in [4.69, 9.17) is 10.2 Å². The highest BCUT2D eigenvalue weighted by molar-refractivity contribution is 6.63. The van der Waals surface area contributed by atoms with Gasteiger partial charge in [0.2, 0.25) is 11.6 Å². The maximum Gasteiger partial charge on any atom is 0.365 e. The first kappa shape index (κ1) is 13.4. The maximum atomic E-state index is 11.2. The molecule has 0 aromatic heterocycles. The fraction of sp³-hybridized carbons (Fsp3) is 0.667. The van der Waals surface area contributed by atoms with Crippen LogP contribution >= 0.6 is 0 Å². The van der Waals surface area contributed by atoms with Gasteiger partial charge in [0.25, 0.3) is 0 Å². The largest absolute Gasteiger partial charge is 0.480 e. The van der Waals surface area contributed by atoms with Gasteiger partial charge in [0, 0.05) is 0 Å². The van der Waals surface area contributed by atoms with E-state index < -0.39 is 17.5 Å². The maximum absolute atomic E-state index is 11.2. The predicted octanol–water partition coefficient (Wildman–Crippen LogP) is 0.954. The molecule has 0 aromatic rings. The van der Waals surface area contributed by atoms with Crippen LogP contribution in [0.3, 0.4) is 0 Å². The van der Waals surface area contributed by atoms with Crippen LogP contribution in [0.1, 0.15) is 20.8 Å². The molecule has 0 aliphatic rings. The molecule has 0 rings (SSSR count). The van der Waals surface area contributed by atoms with E-state index in [0.717, 1.165) is 0 Å². The normalized spacial score (nSPS) is 11.9. The van der Waals surface area contributed by atoms with Crippen LogP contribution in [0.4, 0.5) is 0 Å². The average Bonchev–Trinajstić information content (AvgIpc) is 2.15. The predicted molar refractivity (Wildman–Crippen MR) is 55.0 cm³/mol. The molecular formula is C9H16N2O4. The van der Waals surface area contributed by atoms with Crippen LogP contribution in [0, 0.1) is 5.41 Å². The number of nitrogens with one attached hydrogen (secondary N) is 1. The summed E-state index contributed by atoms with van der Waals surface area (Å²) in [6, 6.07) is 0. The molecule has 6 nitrogen and oxygen atoms in total. The van der Waals surface area contributed by atoms with E-state index in [2.05, 4.69) is 14.6 Å². The molecule has 0 aromatic carbocycles. The topological polar surface area (TPSA) is 81.0 Å². The zero-order valence-electron chi connectivity index (χ0n) is 9.58. The zero-order valence-corrected chi connectivity index (χ0v) is 9.58. The fourth-order valence-electron chi connectivity index (χ4n) is 0.547. The van der Waals surface area contributed by atoms with Gasteiger partial charge in [-0.3, -0.25) is 5.41 Å². The molecule has 1 N–H and O–H groups in total. The Morgan fingerprint density at radius 2 is 1.73 bits per heavy atom. The number of nitrogens with zero attached hydrogens (tertiary/aromatic N) is 1. The summed E-state index contributed by atoms with van der Waals surface area (Å²) in [5, 5.41) is 10.8. The van der Waals surface area contributed by atoms with Crippen LogP contribution in [0.2, 0.25) is 0 Å². The number of carbonyl (C=O) groups excluding carboxylic acids is 1. The van der Waals surface area contributed by atoms with Crippen molar-refractivity contribution in [2.75, 3.05) is 14.2 Å². The molecule has 0 atom stereocenters. The second kappa shape index (κ2) is 5.33. The molecule has 0 fully saturated rings. The van der Waals surface area contributed by atoms with Crippen molar-refractivity contribution in [2.45, 2.75) is 26.4 Å². The van der Waals surface area contributed by atoms with E-state index in [-0.39, 0.29) is 5.71 Å². The van der Waals surface area contributed by atoms with Gasteiger partial charge < -0.3 is 14.3 Å². The van der Waals surface area contributed by atoms with E-state index >= 15 is 0 Å². The van der Waals surface area contributed by atoms with Gasteiger partial charge in [-0.05, 0) is 20.8 Å². The van der Waals surface area contributed by atoms with Gasteiger partial charge in [-0.15, -0.1) is 0 Å². The molecule has 0 bridgehead atoms. The van der Waals surface area contributed by atoms with Crippen LogP contribution in [-0.2, 0) is 19.1 Å².